The van der Waals surface area contributed by atoms with Gasteiger partial charge in [0.2, 0.25) is 0 Å². The van der Waals surface area contributed by atoms with Gasteiger partial charge in [-0.1, -0.05) is 24.3 Å². The number of ketones is 1. The summed E-state index contributed by atoms with van der Waals surface area (Å²) in [5.41, 5.74) is 1.24. The van der Waals surface area contributed by atoms with Gasteiger partial charge >= 0.3 is 0 Å². The van der Waals surface area contributed by atoms with Crippen molar-refractivity contribution in [3.8, 4) is 11.5 Å². The third-order valence-electron chi connectivity index (χ3n) is 4.59. The first-order valence-electron chi connectivity index (χ1n) is 7.98. The first-order chi connectivity index (χ1) is 12.0. The molecule has 2 unspecified atom stereocenters. The predicted molar refractivity (Wildman–Crippen MR) is 94.6 cm³/mol. The highest BCUT2D eigenvalue weighted by Gasteiger charge is 2.42. The molecule has 1 aliphatic rings. The summed E-state index contributed by atoms with van der Waals surface area (Å²) in [6, 6.07) is 13.7. The molecule has 1 heterocycles. The van der Waals surface area contributed by atoms with Crippen LogP contribution in [0.1, 0.15) is 34.5 Å². The predicted octanol–water partition coefficient (Wildman–Crippen LogP) is 3.26. The number of ether oxygens (including phenoxy) is 2. The van der Waals surface area contributed by atoms with E-state index in [4.69, 9.17) is 9.47 Å². The summed E-state index contributed by atoms with van der Waals surface area (Å²) in [4.78, 5) is 12.3. The van der Waals surface area contributed by atoms with Crippen molar-refractivity contribution in [3.63, 3.8) is 0 Å². The smallest absolute Gasteiger partial charge is 0.165 e. The fourth-order valence-corrected chi connectivity index (χ4v) is 5.49. The topological polar surface area (TPSA) is 69.7 Å². The summed E-state index contributed by atoms with van der Waals surface area (Å²) in [6.45, 7) is 0. The van der Waals surface area contributed by atoms with E-state index in [0.29, 0.717) is 22.6 Å². The molecule has 2 aromatic carbocycles. The second-order valence-electron chi connectivity index (χ2n) is 6.06. The van der Waals surface area contributed by atoms with Gasteiger partial charge in [0.05, 0.1) is 24.7 Å². The molecular weight excluding hydrogens is 340 g/mol. The van der Waals surface area contributed by atoms with Crippen LogP contribution in [-0.2, 0) is 14.6 Å². The van der Waals surface area contributed by atoms with Gasteiger partial charge in [0.15, 0.2) is 9.84 Å². The van der Waals surface area contributed by atoms with Crippen LogP contribution >= 0.6 is 0 Å². The van der Waals surface area contributed by atoms with Crippen LogP contribution in [0.2, 0.25) is 0 Å². The molecule has 2 atom stereocenters. The van der Waals surface area contributed by atoms with Gasteiger partial charge in [-0.25, -0.2) is 8.42 Å². The molecule has 1 fully saturated rings. The lowest BCUT2D eigenvalue weighted by molar-refractivity contribution is -0.119. The highest BCUT2D eigenvalue weighted by molar-refractivity contribution is 7.92. The number of carbonyl (C=O) groups is 1. The number of benzene rings is 2. The summed E-state index contributed by atoms with van der Waals surface area (Å²) in [5.74, 6) is 1.25. The summed E-state index contributed by atoms with van der Waals surface area (Å²) in [5, 5.41) is -1.65. The molecule has 1 aliphatic heterocycles. The Kier molecular flexibility index (Phi) is 4.81. The van der Waals surface area contributed by atoms with Crippen molar-refractivity contribution < 1.29 is 22.7 Å². The number of carbonyl (C=O) groups excluding carboxylic acids is 1. The standard InChI is InChI=1S/C19H20O5S/c1-23-16-7-3-13(4-8-16)18-11-15(20)12-19(25(18,21)22)14-5-9-17(24-2)10-6-14/h3-10,18-19H,11-12H2,1-2H3. The highest BCUT2D eigenvalue weighted by atomic mass is 32.2. The van der Waals surface area contributed by atoms with E-state index in [1.165, 1.54) is 0 Å². The number of hydrogen-bond donors (Lipinski definition) is 0. The maximum absolute atomic E-state index is 13.2. The molecule has 0 aliphatic carbocycles. The lowest BCUT2D eigenvalue weighted by Gasteiger charge is -2.29. The Hall–Kier alpha value is -2.34. The van der Waals surface area contributed by atoms with Gasteiger partial charge < -0.3 is 9.47 Å². The molecule has 0 aromatic heterocycles. The zero-order chi connectivity index (χ0) is 18.0. The van der Waals surface area contributed by atoms with Crippen LogP contribution in [0.3, 0.4) is 0 Å². The summed E-state index contributed by atoms with van der Waals surface area (Å²) in [7, 11) is -0.443. The molecule has 132 valence electrons. The van der Waals surface area contributed by atoms with Crippen molar-refractivity contribution in [2.24, 2.45) is 0 Å². The minimum Gasteiger partial charge on any atom is -0.497 e. The SMILES string of the molecule is COc1ccc(C2CC(=O)CC(c3ccc(OC)cc3)S2(=O)=O)cc1. The van der Waals surface area contributed by atoms with E-state index in [-0.39, 0.29) is 18.6 Å². The lowest BCUT2D eigenvalue weighted by Crippen LogP contribution is -2.30. The Morgan fingerprint density at radius 1 is 0.760 bits per heavy atom. The van der Waals surface area contributed by atoms with Crippen LogP contribution in [0.25, 0.3) is 0 Å². The molecule has 0 spiro atoms. The molecule has 0 saturated carbocycles. The highest BCUT2D eigenvalue weighted by Crippen LogP contribution is 2.43. The van der Waals surface area contributed by atoms with Crippen molar-refractivity contribution in [1.82, 2.24) is 0 Å². The van der Waals surface area contributed by atoms with Gasteiger partial charge in [-0.15, -0.1) is 0 Å². The number of hydrogen-bond acceptors (Lipinski definition) is 5. The third-order valence-corrected chi connectivity index (χ3v) is 7.06. The second-order valence-corrected chi connectivity index (χ2v) is 8.38. The maximum Gasteiger partial charge on any atom is 0.165 e. The van der Waals surface area contributed by atoms with Crippen molar-refractivity contribution in [2.75, 3.05) is 14.2 Å². The van der Waals surface area contributed by atoms with Crippen molar-refractivity contribution in [1.29, 1.82) is 0 Å². The van der Waals surface area contributed by atoms with Crippen LogP contribution < -0.4 is 9.47 Å². The molecule has 5 nitrogen and oxygen atoms in total. The van der Waals surface area contributed by atoms with Gasteiger partial charge in [0.1, 0.15) is 17.3 Å². The second kappa shape index (κ2) is 6.88. The van der Waals surface area contributed by atoms with Crippen LogP contribution in [-0.4, -0.2) is 28.4 Å². The lowest BCUT2D eigenvalue weighted by atomic mass is 10.0. The Labute approximate surface area is 147 Å². The fourth-order valence-electron chi connectivity index (χ4n) is 3.18. The molecule has 0 radical (unpaired) electrons. The Bertz CT molecular complexity index is 788. The zero-order valence-electron chi connectivity index (χ0n) is 14.1. The third kappa shape index (κ3) is 3.39. The molecule has 25 heavy (non-hydrogen) atoms. The first-order valence-corrected chi connectivity index (χ1v) is 9.59. The van der Waals surface area contributed by atoms with Gasteiger partial charge in [-0.05, 0) is 35.4 Å². The van der Waals surface area contributed by atoms with Crippen LogP contribution in [0.15, 0.2) is 48.5 Å². The van der Waals surface area contributed by atoms with Crippen molar-refractivity contribution in [3.05, 3.63) is 59.7 Å². The molecule has 0 amide bonds. The zero-order valence-corrected chi connectivity index (χ0v) is 15.0. The first kappa shape index (κ1) is 17.5. The van der Waals surface area contributed by atoms with E-state index >= 15 is 0 Å². The number of sulfone groups is 1. The number of Topliss-reactive ketones (excluding diaryl/α,β-unsaturated/α-hetero) is 1. The van der Waals surface area contributed by atoms with Crippen LogP contribution in [0.4, 0.5) is 0 Å². The Morgan fingerprint density at radius 3 is 1.44 bits per heavy atom. The Morgan fingerprint density at radius 2 is 1.12 bits per heavy atom. The van der Waals surface area contributed by atoms with Gasteiger partial charge in [-0.2, -0.15) is 0 Å². The maximum atomic E-state index is 13.2. The number of rotatable bonds is 4. The molecule has 2 aromatic rings. The molecule has 3 rings (SSSR count). The van der Waals surface area contributed by atoms with E-state index in [9.17, 15) is 13.2 Å². The van der Waals surface area contributed by atoms with Gasteiger partial charge in [-0.3, -0.25) is 4.79 Å². The number of methoxy groups -OCH3 is 2. The van der Waals surface area contributed by atoms with E-state index < -0.39 is 20.3 Å². The fraction of sp³-hybridized carbons (Fsp3) is 0.316. The van der Waals surface area contributed by atoms with Gasteiger partial charge in [0.25, 0.3) is 0 Å². The van der Waals surface area contributed by atoms with Crippen LogP contribution in [0, 0.1) is 0 Å². The normalized spacial score (nSPS) is 22.4. The van der Waals surface area contributed by atoms with E-state index in [1.807, 2.05) is 0 Å². The molecule has 0 bridgehead atoms. The van der Waals surface area contributed by atoms with E-state index in [0.717, 1.165) is 0 Å². The van der Waals surface area contributed by atoms with E-state index in [2.05, 4.69) is 0 Å². The summed E-state index contributed by atoms with van der Waals surface area (Å²) >= 11 is 0. The van der Waals surface area contributed by atoms with Crippen LogP contribution in [0.5, 0.6) is 11.5 Å². The molecular formula is C19H20O5S. The monoisotopic (exact) mass is 360 g/mol. The largest absolute Gasteiger partial charge is 0.497 e. The minimum atomic E-state index is -3.54. The average Bonchev–Trinajstić information content (AvgIpc) is 2.63. The average molecular weight is 360 g/mol. The van der Waals surface area contributed by atoms with Gasteiger partial charge in [0, 0.05) is 12.8 Å². The molecule has 6 heteroatoms. The molecule has 1 saturated heterocycles. The van der Waals surface area contributed by atoms with E-state index in [1.54, 1.807) is 62.8 Å². The quantitative estimate of drug-likeness (QED) is 0.837. The summed E-state index contributed by atoms with van der Waals surface area (Å²) < 4.78 is 36.5. The van der Waals surface area contributed by atoms with Crippen molar-refractivity contribution >= 4 is 15.6 Å². The Balaban J connectivity index is 1.98. The molecule has 0 N–H and O–H groups in total. The minimum absolute atomic E-state index is 0.0152. The van der Waals surface area contributed by atoms with Crippen molar-refractivity contribution in [2.45, 2.75) is 23.3 Å². The summed E-state index contributed by atoms with van der Waals surface area (Å²) in [6.07, 6.45) is 0.0304.